The van der Waals surface area contributed by atoms with E-state index >= 15 is 0 Å². The molecule has 3 rings (SSSR count). The Kier molecular flexibility index (Phi) is 9.65. The van der Waals surface area contributed by atoms with Crippen molar-refractivity contribution in [2.24, 2.45) is 0 Å². The fourth-order valence-corrected chi connectivity index (χ4v) is 6.99. The van der Waals surface area contributed by atoms with Crippen LogP contribution in [0.1, 0.15) is 116 Å². The summed E-state index contributed by atoms with van der Waals surface area (Å²) in [6.07, 6.45) is 15.5. The SMILES string of the molecule is CCCCCCCCc1cc(-c2sc(C)c3c2C(=O)N(CCCCCCC)C3)sc1C. The molecule has 0 fully saturated rings. The van der Waals surface area contributed by atoms with Crippen molar-refractivity contribution in [3.8, 4) is 9.75 Å². The van der Waals surface area contributed by atoms with Gasteiger partial charge in [0.05, 0.1) is 10.4 Å². The first-order valence-electron chi connectivity index (χ1n) is 12.6. The molecule has 0 aromatic carbocycles. The number of hydrogen-bond acceptors (Lipinski definition) is 3. The summed E-state index contributed by atoms with van der Waals surface area (Å²) in [7, 11) is 0. The van der Waals surface area contributed by atoms with Crippen molar-refractivity contribution in [1.82, 2.24) is 4.90 Å². The van der Waals surface area contributed by atoms with Crippen LogP contribution < -0.4 is 0 Å². The van der Waals surface area contributed by atoms with Gasteiger partial charge >= 0.3 is 0 Å². The predicted octanol–water partition coefficient (Wildman–Crippen LogP) is 8.92. The Morgan fingerprint density at radius 1 is 0.839 bits per heavy atom. The highest BCUT2D eigenvalue weighted by Gasteiger charge is 2.34. The van der Waals surface area contributed by atoms with E-state index in [-0.39, 0.29) is 5.91 Å². The lowest BCUT2D eigenvalue weighted by Crippen LogP contribution is -2.25. The van der Waals surface area contributed by atoms with Crippen LogP contribution in [0.3, 0.4) is 0 Å². The van der Waals surface area contributed by atoms with Gasteiger partial charge in [-0.05, 0) is 50.3 Å². The number of hydrogen-bond donors (Lipinski definition) is 0. The van der Waals surface area contributed by atoms with E-state index in [0.29, 0.717) is 0 Å². The molecule has 4 heteroatoms. The zero-order valence-corrected chi connectivity index (χ0v) is 21.8. The van der Waals surface area contributed by atoms with Gasteiger partial charge in [0.15, 0.2) is 0 Å². The monoisotopic (exact) mass is 459 g/mol. The molecule has 2 nitrogen and oxygen atoms in total. The van der Waals surface area contributed by atoms with Gasteiger partial charge in [-0.2, -0.15) is 0 Å². The van der Waals surface area contributed by atoms with E-state index in [1.165, 1.54) is 101 Å². The Morgan fingerprint density at radius 2 is 1.48 bits per heavy atom. The Morgan fingerprint density at radius 3 is 2.19 bits per heavy atom. The van der Waals surface area contributed by atoms with Gasteiger partial charge < -0.3 is 4.90 Å². The summed E-state index contributed by atoms with van der Waals surface area (Å²) < 4.78 is 0. The average molecular weight is 460 g/mol. The van der Waals surface area contributed by atoms with E-state index < -0.39 is 0 Å². The van der Waals surface area contributed by atoms with Gasteiger partial charge in [0.25, 0.3) is 5.91 Å². The van der Waals surface area contributed by atoms with Gasteiger partial charge in [-0.1, -0.05) is 71.6 Å². The minimum Gasteiger partial charge on any atom is -0.334 e. The molecule has 172 valence electrons. The molecule has 2 aromatic rings. The number of thiophene rings is 2. The summed E-state index contributed by atoms with van der Waals surface area (Å²) in [5.74, 6) is 0.272. The minimum absolute atomic E-state index is 0.272. The third-order valence-corrected chi connectivity index (χ3v) is 9.05. The molecule has 0 aliphatic carbocycles. The maximum absolute atomic E-state index is 13.3. The maximum atomic E-state index is 13.3. The van der Waals surface area contributed by atoms with Crippen LogP contribution in [0.15, 0.2) is 6.07 Å². The lowest BCUT2D eigenvalue weighted by Gasteiger charge is -2.16. The first-order valence-corrected chi connectivity index (χ1v) is 14.2. The van der Waals surface area contributed by atoms with Gasteiger partial charge in [-0.3, -0.25) is 4.79 Å². The number of carbonyl (C=O) groups is 1. The number of unbranched alkanes of at least 4 members (excludes halogenated alkanes) is 9. The third kappa shape index (κ3) is 6.22. The summed E-state index contributed by atoms with van der Waals surface area (Å²) in [6.45, 7) is 10.7. The molecule has 0 spiro atoms. The van der Waals surface area contributed by atoms with Crippen LogP contribution in [0.2, 0.25) is 0 Å². The average Bonchev–Trinajstić information content (AvgIpc) is 3.39. The molecule has 0 saturated carbocycles. The zero-order chi connectivity index (χ0) is 22.2. The number of aryl methyl sites for hydroxylation is 3. The minimum atomic E-state index is 0.272. The molecule has 0 N–H and O–H groups in total. The van der Waals surface area contributed by atoms with Crippen molar-refractivity contribution >= 4 is 28.6 Å². The van der Waals surface area contributed by atoms with Gasteiger partial charge in [0.2, 0.25) is 0 Å². The largest absolute Gasteiger partial charge is 0.334 e. The predicted molar refractivity (Wildman–Crippen MR) is 138 cm³/mol. The Balaban J connectivity index is 1.63. The fraction of sp³-hybridized carbons (Fsp3) is 0.667. The fourth-order valence-electron chi connectivity index (χ4n) is 4.65. The summed E-state index contributed by atoms with van der Waals surface area (Å²) >= 11 is 3.72. The smallest absolute Gasteiger partial charge is 0.256 e. The highest BCUT2D eigenvalue weighted by Crippen LogP contribution is 2.44. The zero-order valence-electron chi connectivity index (χ0n) is 20.1. The summed E-state index contributed by atoms with van der Waals surface area (Å²) in [5, 5.41) is 0. The van der Waals surface area contributed by atoms with Gasteiger partial charge in [0.1, 0.15) is 0 Å². The standard InChI is InChI=1S/C27H41NOS2/c1-5-7-9-11-12-14-16-22-18-24(30-20(22)3)26-25-23(21(4)31-26)19-28(27(25)29)17-15-13-10-8-6-2/h18H,5-17,19H2,1-4H3. The van der Waals surface area contributed by atoms with Crippen LogP contribution in [0, 0.1) is 13.8 Å². The van der Waals surface area contributed by atoms with E-state index in [1.807, 2.05) is 22.7 Å². The highest BCUT2D eigenvalue weighted by molar-refractivity contribution is 7.22. The number of fused-ring (bicyclic) bond motifs is 1. The van der Waals surface area contributed by atoms with Crippen molar-refractivity contribution in [1.29, 1.82) is 0 Å². The summed E-state index contributed by atoms with van der Waals surface area (Å²) in [5.41, 5.74) is 3.80. The molecule has 0 atom stereocenters. The van der Waals surface area contributed by atoms with E-state index in [2.05, 4.69) is 38.7 Å². The van der Waals surface area contributed by atoms with Crippen molar-refractivity contribution < 1.29 is 4.79 Å². The summed E-state index contributed by atoms with van der Waals surface area (Å²) in [4.78, 5) is 20.6. The van der Waals surface area contributed by atoms with E-state index in [4.69, 9.17) is 0 Å². The van der Waals surface area contributed by atoms with Crippen molar-refractivity contribution in [2.75, 3.05) is 6.54 Å². The molecule has 1 amide bonds. The van der Waals surface area contributed by atoms with Crippen molar-refractivity contribution in [2.45, 2.75) is 111 Å². The second kappa shape index (κ2) is 12.2. The van der Waals surface area contributed by atoms with E-state index in [1.54, 1.807) is 0 Å². The lowest BCUT2D eigenvalue weighted by atomic mass is 10.0. The molecule has 0 saturated heterocycles. The number of nitrogens with zero attached hydrogens (tertiary/aromatic N) is 1. The van der Waals surface area contributed by atoms with Crippen LogP contribution in [-0.4, -0.2) is 17.4 Å². The van der Waals surface area contributed by atoms with Crippen molar-refractivity contribution in [3.05, 3.63) is 32.5 Å². The molecule has 3 heterocycles. The van der Waals surface area contributed by atoms with Crippen LogP contribution in [-0.2, 0) is 13.0 Å². The highest BCUT2D eigenvalue weighted by atomic mass is 32.1. The van der Waals surface area contributed by atoms with Crippen LogP contribution in [0.25, 0.3) is 9.75 Å². The molecule has 2 aromatic heterocycles. The van der Waals surface area contributed by atoms with E-state index in [9.17, 15) is 4.79 Å². The molecule has 1 aliphatic rings. The van der Waals surface area contributed by atoms with Gasteiger partial charge in [-0.25, -0.2) is 0 Å². The van der Waals surface area contributed by atoms with Gasteiger partial charge in [0, 0.05) is 27.7 Å². The molecular formula is C27H41NOS2. The quantitative estimate of drug-likeness (QED) is 0.258. The lowest BCUT2D eigenvalue weighted by molar-refractivity contribution is 0.0776. The number of rotatable bonds is 14. The molecular weight excluding hydrogens is 418 g/mol. The Bertz CT molecular complexity index is 848. The first kappa shape index (κ1) is 24.5. The molecule has 0 radical (unpaired) electrons. The van der Waals surface area contributed by atoms with Crippen LogP contribution in [0.4, 0.5) is 0 Å². The number of carbonyl (C=O) groups excluding carboxylic acids is 1. The van der Waals surface area contributed by atoms with Crippen molar-refractivity contribution in [3.63, 3.8) is 0 Å². The number of amides is 1. The van der Waals surface area contributed by atoms with Gasteiger partial charge in [-0.15, -0.1) is 22.7 Å². The molecule has 1 aliphatic heterocycles. The van der Waals surface area contributed by atoms with Crippen LogP contribution in [0.5, 0.6) is 0 Å². The second-order valence-corrected chi connectivity index (χ2v) is 11.7. The van der Waals surface area contributed by atoms with Crippen LogP contribution >= 0.6 is 22.7 Å². The first-order chi connectivity index (χ1) is 15.1. The Labute approximate surface area is 198 Å². The third-order valence-electron chi connectivity index (χ3n) is 6.63. The van der Waals surface area contributed by atoms with E-state index in [0.717, 1.165) is 25.1 Å². The molecule has 0 unspecified atom stereocenters. The maximum Gasteiger partial charge on any atom is 0.256 e. The topological polar surface area (TPSA) is 20.3 Å². The normalized spacial score (nSPS) is 13.4. The molecule has 31 heavy (non-hydrogen) atoms. The molecule has 0 bridgehead atoms. The summed E-state index contributed by atoms with van der Waals surface area (Å²) in [6, 6.07) is 2.39. The second-order valence-electron chi connectivity index (χ2n) is 9.19. The Hall–Kier alpha value is -1.13.